The van der Waals surface area contributed by atoms with Gasteiger partial charge in [-0.2, -0.15) is 0 Å². The van der Waals surface area contributed by atoms with Gasteiger partial charge in [0.15, 0.2) is 0 Å². The Morgan fingerprint density at radius 1 is 1.12 bits per heavy atom. The zero-order chi connectivity index (χ0) is 16.9. The highest BCUT2D eigenvalue weighted by Crippen LogP contribution is 2.39. The highest BCUT2D eigenvalue weighted by Gasteiger charge is 2.35. The second kappa shape index (κ2) is 7.69. The van der Waals surface area contributed by atoms with Crippen molar-refractivity contribution in [3.63, 3.8) is 0 Å². The predicted octanol–water partition coefficient (Wildman–Crippen LogP) is 2.27. The van der Waals surface area contributed by atoms with Crippen LogP contribution in [-0.4, -0.2) is 55.4 Å². The van der Waals surface area contributed by atoms with E-state index in [2.05, 4.69) is 0 Å². The summed E-state index contributed by atoms with van der Waals surface area (Å²) in [7, 11) is 1.65. The first-order chi connectivity index (χ1) is 11.7. The maximum absolute atomic E-state index is 13.2. The lowest BCUT2D eigenvalue weighted by atomic mass is 9.83. The Morgan fingerprint density at radius 3 is 2.29 bits per heavy atom. The summed E-state index contributed by atoms with van der Waals surface area (Å²) in [6.07, 6.45) is 5.54. The van der Waals surface area contributed by atoms with Gasteiger partial charge in [-0.05, 0) is 36.5 Å². The normalized spacial score (nSPS) is 20.0. The topological polar surface area (TPSA) is 49.9 Å². The Balaban J connectivity index is 1.78. The van der Waals surface area contributed by atoms with Gasteiger partial charge in [-0.15, -0.1) is 0 Å². The smallest absolute Gasteiger partial charge is 0.230 e. The van der Waals surface area contributed by atoms with E-state index in [-0.39, 0.29) is 11.8 Å². The molecule has 1 aliphatic carbocycles. The fraction of sp³-hybridized carbons (Fsp3) is 0.579. The van der Waals surface area contributed by atoms with Gasteiger partial charge in [0.2, 0.25) is 12.3 Å². The molecule has 0 aromatic heterocycles. The minimum absolute atomic E-state index is 0.0683. The molecule has 130 valence electrons. The number of benzene rings is 1. The molecule has 1 saturated heterocycles. The van der Waals surface area contributed by atoms with E-state index in [0.29, 0.717) is 32.1 Å². The van der Waals surface area contributed by atoms with Gasteiger partial charge in [0, 0.05) is 26.2 Å². The molecule has 0 bridgehead atoms. The highest BCUT2D eigenvalue weighted by molar-refractivity contribution is 5.84. The zero-order valence-electron chi connectivity index (χ0n) is 14.3. The molecule has 5 heteroatoms. The molecule has 24 heavy (non-hydrogen) atoms. The Morgan fingerprint density at radius 2 is 1.75 bits per heavy atom. The summed E-state index contributed by atoms with van der Waals surface area (Å²) in [6.45, 7) is 2.54. The molecular weight excluding hydrogens is 304 g/mol. The largest absolute Gasteiger partial charge is 0.497 e. The van der Waals surface area contributed by atoms with Crippen LogP contribution in [0.25, 0.3) is 0 Å². The van der Waals surface area contributed by atoms with Crippen molar-refractivity contribution >= 4 is 12.3 Å². The first-order valence-corrected chi connectivity index (χ1v) is 8.85. The zero-order valence-corrected chi connectivity index (χ0v) is 14.3. The fourth-order valence-corrected chi connectivity index (χ4v) is 3.96. The Hall–Kier alpha value is -2.04. The molecule has 2 fully saturated rings. The number of piperazine rings is 1. The van der Waals surface area contributed by atoms with E-state index in [0.717, 1.165) is 30.6 Å². The predicted molar refractivity (Wildman–Crippen MR) is 91.9 cm³/mol. The molecule has 5 nitrogen and oxygen atoms in total. The van der Waals surface area contributed by atoms with E-state index in [1.807, 2.05) is 29.2 Å². The van der Waals surface area contributed by atoms with Crippen LogP contribution in [0.2, 0.25) is 0 Å². The van der Waals surface area contributed by atoms with Crippen LogP contribution in [-0.2, 0) is 9.59 Å². The number of carbonyl (C=O) groups excluding carboxylic acids is 2. The van der Waals surface area contributed by atoms with Crippen LogP contribution in [0.15, 0.2) is 24.3 Å². The lowest BCUT2D eigenvalue weighted by Gasteiger charge is -2.36. The van der Waals surface area contributed by atoms with Crippen molar-refractivity contribution in [3.8, 4) is 5.75 Å². The van der Waals surface area contributed by atoms with Gasteiger partial charge < -0.3 is 14.5 Å². The van der Waals surface area contributed by atoms with Crippen LogP contribution < -0.4 is 4.74 Å². The molecule has 3 rings (SSSR count). The molecule has 1 aliphatic heterocycles. The van der Waals surface area contributed by atoms with Crippen LogP contribution in [0.1, 0.15) is 37.2 Å². The first kappa shape index (κ1) is 16.8. The second-order valence-electron chi connectivity index (χ2n) is 6.76. The third-order valence-corrected chi connectivity index (χ3v) is 5.39. The molecule has 0 spiro atoms. The van der Waals surface area contributed by atoms with Crippen LogP contribution >= 0.6 is 0 Å². The number of amides is 2. The summed E-state index contributed by atoms with van der Waals surface area (Å²) in [5.74, 6) is 1.39. The highest BCUT2D eigenvalue weighted by atomic mass is 16.5. The molecule has 2 aliphatic rings. The number of nitrogens with zero attached hydrogens (tertiary/aromatic N) is 2. The molecular formula is C19H26N2O3. The summed E-state index contributed by atoms with van der Waals surface area (Å²) in [5, 5.41) is 0. The van der Waals surface area contributed by atoms with Gasteiger partial charge in [-0.1, -0.05) is 25.0 Å². The lowest BCUT2D eigenvalue weighted by molar-refractivity contribution is -0.137. The van der Waals surface area contributed by atoms with Crippen molar-refractivity contribution in [3.05, 3.63) is 29.8 Å². The fourth-order valence-electron chi connectivity index (χ4n) is 3.96. The third-order valence-electron chi connectivity index (χ3n) is 5.39. The lowest BCUT2D eigenvalue weighted by Crippen LogP contribution is -2.50. The standard InChI is InChI=1S/C19H26N2O3/c1-24-17-8-6-16(7-9-17)18(15-4-2-3-5-15)19(23)21-12-10-20(14-22)11-13-21/h6-9,14-15,18H,2-5,10-13H2,1H3. The van der Waals surface area contributed by atoms with Crippen molar-refractivity contribution < 1.29 is 14.3 Å². The van der Waals surface area contributed by atoms with Gasteiger partial charge in [0.25, 0.3) is 0 Å². The van der Waals surface area contributed by atoms with E-state index >= 15 is 0 Å². The number of hydrogen-bond donors (Lipinski definition) is 0. The van der Waals surface area contributed by atoms with Crippen LogP contribution in [0, 0.1) is 5.92 Å². The number of hydrogen-bond acceptors (Lipinski definition) is 3. The third kappa shape index (κ3) is 3.55. The van der Waals surface area contributed by atoms with E-state index < -0.39 is 0 Å². The minimum atomic E-state index is -0.0683. The van der Waals surface area contributed by atoms with E-state index in [1.54, 1.807) is 12.0 Å². The van der Waals surface area contributed by atoms with Crippen LogP contribution in [0.4, 0.5) is 0 Å². The average molecular weight is 330 g/mol. The quantitative estimate of drug-likeness (QED) is 0.778. The van der Waals surface area contributed by atoms with Gasteiger partial charge in [-0.3, -0.25) is 9.59 Å². The molecule has 0 radical (unpaired) electrons. The van der Waals surface area contributed by atoms with E-state index in [1.165, 1.54) is 12.8 Å². The number of carbonyl (C=O) groups is 2. The van der Waals surface area contributed by atoms with Crippen molar-refractivity contribution in [1.82, 2.24) is 9.80 Å². The Labute approximate surface area is 143 Å². The van der Waals surface area contributed by atoms with Gasteiger partial charge in [0.1, 0.15) is 5.75 Å². The Bertz CT molecular complexity index is 558. The monoisotopic (exact) mass is 330 g/mol. The van der Waals surface area contributed by atoms with Crippen molar-refractivity contribution in [2.24, 2.45) is 5.92 Å². The maximum Gasteiger partial charge on any atom is 0.230 e. The van der Waals surface area contributed by atoms with Gasteiger partial charge in [-0.25, -0.2) is 0 Å². The molecule has 1 atom stereocenters. The van der Waals surface area contributed by atoms with Crippen molar-refractivity contribution in [1.29, 1.82) is 0 Å². The van der Waals surface area contributed by atoms with Crippen LogP contribution in [0.3, 0.4) is 0 Å². The first-order valence-electron chi connectivity index (χ1n) is 8.85. The molecule has 1 heterocycles. The van der Waals surface area contributed by atoms with Gasteiger partial charge >= 0.3 is 0 Å². The summed E-state index contributed by atoms with van der Waals surface area (Å²) in [4.78, 5) is 27.8. The molecule has 1 saturated carbocycles. The molecule has 1 aromatic carbocycles. The summed E-state index contributed by atoms with van der Waals surface area (Å²) in [5.41, 5.74) is 1.09. The molecule has 2 amide bonds. The van der Waals surface area contributed by atoms with Crippen molar-refractivity contribution in [2.75, 3.05) is 33.3 Å². The maximum atomic E-state index is 13.2. The second-order valence-corrected chi connectivity index (χ2v) is 6.76. The van der Waals surface area contributed by atoms with Gasteiger partial charge in [0.05, 0.1) is 13.0 Å². The SMILES string of the molecule is COc1ccc(C(C(=O)N2CCN(C=O)CC2)C2CCCC2)cc1. The summed E-state index contributed by atoms with van der Waals surface area (Å²) in [6, 6.07) is 7.94. The Kier molecular flexibility index (Phi) is 5.38. The molecule has 0 N–H and O–H groups in total. The number of methoxy groups -OCH3 is 1. The average Bonchev–Trinajstić information content (AvgIpc) is 3.16. The van der Waals surface area contributed by atoms with Crippen LogP contribution in [0.5, 0.6) is 5.75 Å². The summed E-state index contributed by atoms with van der Waals surface area (Å²) < 4.78 is 5.24. The van der Waals surface area contributed by atoms with E-state index in [4.69, 9.17) is 4.74 Å². The number of rotatable bonds is 5. The minimum Gasteiger partial charge on any atom is -0.497 e. The molecule has 1 unspecified atom stereocenters. The van der Waals surface area contributed by atoms with E-state index in [9.17, 15) is 9.59 Å². The molecule has 1 aromatic rings. The number of ether oxygens (including phenoxy) is 1. The summed E-state index contributed by atoms with van der Waals surface area (Å²) >= 11 is 0. The van der Waals surface area contributed by atoms with Crippen molar-refractivity contribution in [2.45, 2.75) is 31.6 Å².